The van der Waals surface area contributed by atoms with Crippen LogP contribution in [0.3, 0.4) is 0 Å². The Hall–Kier alpha value is -4.98. The normalized spacial score (nSPS) is 16.8. The second-order valence-electron chi connectivity index (χ2n) is 9.79. The number of aromatic nitrogens is 1. The number of pyridine rings is 1. The molecule has 5 N–H and O–H groups in total. The van der Waals surface area contributed by atoms with E-state index >= 15 is 8.78 Å². The number of aliphatic imine (C=N–C) groups is 1. The summed E-state index contributed by atoms with van der Waals surface area (Å²) in [5.74, 6) is -5.97. The summed E-state index contributed by atoms with van der Waals surface area (Å²) in [6.45, 7) is 1.62. The molecule has 3 heterocycles. The molecular formula is C28H28F2N6O6. The van der Waals surface area contributed by atoms with Gasteiger partial charge in [-0.3, -0.25) is 20.1 Å². The second kappa shape index (κ2) is 11.9. The van der Waals surface area contributed by atoms with Gasteiger partial charge in [-0.05, 0) is 36.8 Å². The summed E-state index contributed by atoms with van der Waals surface area (Å²) in [4.78, 5) is 23.0. The van der Waals surface area contributed by atoms with Gasteiger partial charge in [0.05, 0.1) is 13.1 Å². The Morgan fingerprint density at radius 3 is 2.60 bits per heavy atom. The van der Waals surface area contributed by atoms with Crippen molar-refractivity contribution < 1.29 is 38.0 Å². The van der Waals surface area contributed by atoms with Crippen molar-refractivity contribution in [2.75, 3.05) is 39.8 Å². The molecule has 0 amide bonds. The van der Waals surface area contributed by atoms with E-state index in [1.165, 1.54) is 18.2 Å². The van der Waals surface area contributed by atoms with E-state index in [1.807, 2.05) is 18.0 Å². The lowest BCUT2D eigenvalue weighted by atomic mass is 10.2. The largest absolute Gasteiger partial charge is 0.504 e. The Morgan fingerprint density at radius 1 is 1.14 bits per heavy atom. The van der Waals surface area contributed by atoms with Crippen LogP contribution in [0.1, 0.15) is 17.5 Å². The number of phenolic OH excluding ortho intramolecular Hbond substituents is 1. The molecule has 12 nitrogen and oxygen atoms in total. The Balaban J connectivity index is 1.51. The van der Waals surface area contributed by atoms with Crippen LogP contribution in [0.15, 0.2) is 47.5 Å². The topological polar surface area (TPSA) is 167 Å². The first kappa shape index (κ1) is 28.5. The average Bonchev–Trinajstić information content (AvgIpc) is 3.58. The number of likely N-dealkylation sites (N-methyl/N-ethyl adjacent to an activating group) is 1. The fraction of sp³-hybridized carbons (Fsp3) is 0.286. The molecule has 0 aliphatic carbocycles. The molecule has 3 aromatic rings. The highest BCUT2D eigenvalue weighted by Gasteiger charge is 2.31. The SMILES string of the molecule is CN1CCN=C1c1cccc(Oc2nc(Oc3cc(C(=N)N)ccc3O)c(F)c(OC3CCN(CC(=O)O)C3)c2F)c1. The molecule has 0 bridgehead atoms. The predicted octanol–water partition coefficient (Wildman–Crippen LogP) is 3.16. The van der Waals surface area contributed by atoms with Crippen molar-refractivity contribution in [3.05, 3.63) is 65.2 Å². The maximum absolute atomic E-state index is 15.8. The van der Waals surface area contributed by atoms with Crippen LogP contribution in [-0.2, 0) is 4.79 Å². The molecule has 0 saturated carbocycles. The Labute approximate surface area is 239 Å². The zero-order valence-electron chi connectivity index (χ0n) is 22.5. The minimum absolute atomic E-state index is 0.124. The molecule has 1 unspecified atom stereocenters. The molecule has 1 aromatic heterocycles. The number of aromatic hydroxyl groups is 1. The summed E-state index contributed by atoms with van der Waals surface area (Å²) in [5, 5.41) is 27.0. The highest BCUT2D eigenvalue weighted by atomic mass is 19.1. The number of nitrogens with zero attached hydrogens (tertiary/aromatic N) is 4. The second-order valence-corrected chi connectivity index (χ2v) is 9.79. The highest BCUT2D eigenvalue weighted by Crippen LogP contribution is 2.40. The van der Waals surface area contributed by atoms with E-state index in [1.54, 1.807) is 23.1 Å². The monoisotopic (exact) mass is 582 g/mol. The van der Waals surface area contributed by atoms with Crippen molar-refractivity contribution >= 4 is 17.6 Å². The van der Waals surface area contributed by atoms with Crippen LogP contribution in [0.4, 0.5) is 8.78 Å². The number of likely N-dealkylation sites (tertiary alicyclic amines) is 1. The van der Waals surface area contributed by atoms with Gasteiger partial charge in [0.2, 0.25) is 17.4 Å². The Morgan fingerprint density at radius 2 is 1.90 bits per heavy atom. The van der Waals surface area contributed by atoms with E-state index in [4.69, 9.17) is 30.5 Å². The van der Waals surface area contributed by atoms with Crippen LogP contribution in [0.25, 0.3) is 0 Å². The van der Waals surface area contributed by atoms with Gasteiger partial charge in [0.25, 0.3) is 11.8 Å². The molecular weight excluding hydrogens is 554 g/mol. The summed E-state index contributed by atoms with van der Waals surface area (Å²) in [6, 6.07) is 10.5. The lowest BCUT2D eigenvalue weighted by molar-refractivity contribution is -0.138. The third-order valence-corrected chi connectivity index (χ3v) is 6.69. The van der Waals surface area contributed by atoms with Crippen LogP contribution in [-0.4, -0.2) is 88.5 Å². The van der Waals surface area contributed by atoms with Gasteiger partial charge < -0.3 is 35.1 Å². The predicted molar refractivity (Wildman–Crippen MR) is 147 cm³/mol. The number of halogens is 2. The lowest BCUT2D eigenvalue weighted by Crippen LogP contribution is -2.30. The molecule has 42 heavy (non-hydrogen) atoms. The van der Waals surface area contributed by atoms with Crippen molar-refractivity contribution in [1.82, 2.24) is 14.8 Å². The van der Waals surface area contributed by atoms with E-state index in [0.717, 1.165) is 17.9 Å². The van der Waals surface area contributed by atoms with E-state index in [2.05, 4.69) is 9.98 Å². The molecule has 0 spiro atoms. The number of hydrogen-bond donors (Lipinski definition) is 4. The number of aliphatic carboxylic acids is 1. The minimum atomic E-state index is -1.31. The molecule has 0 radical (unpaired) electrons. The average molecular weight is 583 g/mol. The van der Waals surface area contributed by atoms with Gasteiger partial charge >= 0.3 is 5.97 Å². The van der Waals surface area contributed by atoms with Crippen molar-refractivity contribution in [2.24, 2.45) is 10.7 Å². The van der Waals surface area contributed by atoms with Gasteiger partial charge in [0, 0.05) is 37.8 Å². The number of nitrogen functional groups attached to an aromatic ring is 1. The molecule has 1 saturated heterocycles. The van der Waals surface area contributed by atoms with Gasteiger partial charge in [-0.15, -0.1) is 0 Å². The lowest BCUT2D eigenvalue weighted by Gasteiger charge is -2.19. The van der Waals surface area contributed by atoms with E-state index < -0.39 is 47.0 Å². The highest BCUT2D eigenvalue weighted by molar-refractivity contribution is 6.00. The Kier molecular flexibility index (Phi) is 8.06. The summed E-state index contributed by atoms with van der Waals surface area (Å²) in [5.41, 5.74) is 6.42. The molecule has 220 valence electrons. The zero-order chi connectivity index (χ0) is 30.0. The van der Waals surface area contributed by atoms with Gasteiger partial charge in [-0.25, -0.2) is 0 Å². The van der Waals surface area contributed by atoms with Gasteiger partial charge in [-0.1, -0.05) is 12.1 Å². The molecule has 14 heteroatoms. The maximum Gasteiger partial charge on any atom is 0.317 e. The number of benzene rings is 2. The minimum Gasteiger partial charge on any atom is -0.504 e. The number of carboxylic acids is 1. The summed E-state index contributed by atoms with van der Waals surface area (Å²) in [7, 11) is 1.89. The number of hydrogen-bond acceptors (Lipinski definition) is 10. The van der Waals surface area contributed by atoms with Gasteiger partial charge in [0.1, 0.15) is 23.5 Å². The molecule has 2 aliphatic heterocycles. The van der Waals surface area contributed by atoms with Crippen molar-refractivity contribution in [2.45, 2.75) is 12.5 Å². The fourth-order valence-electron chi connectivity index (χ4n) is 4.64. The van der Waals surface area contributed by atoms with Crippen molar-refractivity contribution in [3.8, 4) is 34.8 Å². The number of carbonyl (C=O) groups is 1. The fourth-order valence-corrected chi connectivity index (χ4v) is 4.64. The molecule has 2 aromatic carbocycles. The third kappa shape index (κ3) is 6.17. The molecule has 1 fully saturated rings. The molecule has 1 atom stereocenters. The standard InChI is InChI=1S/C28H28F2N6O6/c1-35-10-8-33-26(35)16-3-2-4-17(11-16)41-27-22(29)24(40-18-7-9-36(13-18)14-21(38)39)23(30)28(34-27)42-20-12-15(25(31)32)5-6-19(20)37/h2-6,11-12,18,37H,7-10,13-14H2,1H3,(H3,31,32)(H,38,39). The van der Waals surface area contributed by atoms with E-state index in [-0.39, 0.29) is 36.0 Å². The first-order valence-electron chi connectivity index (χ1n) is 13.0. The summed E-state index contributed by atoms with van der Waals surface area (Å²) < 4.78 is 48.5. The van der Waals surface area contributed by atoms with E-state index in [9.17, 15) is 9.90 Å². The number of phenols is 1. The quantitative estimate of drug-likeness (QED) is 0.206. The summed E-state index contributed by atoms with van der Waals surface area (Å²) in [6.07, 6.45) is -0.412. The van der Waals surface area contributed by atoms with Crippen molar-refractivity contribution in [1.29, 1.82) is 5.41 Å². The number of rotatable bonds is 10. The smallest absolute Gasteiger partial charge is 0.317 e. The first-order chi connectivity index (χ1) is 20.1. The number of nitrogens with one attached hydrogen (secondary N) is 1. The number of ether oxygens (including phenoxy) is 3. The molecule has 5 rings (SSSR count). The number of nitrogens with two attached hydrogens (primary N) is 1. The first-order valence-corrected chi connectivity index (χ1v) is 13.0. The maximum atomic E-state index is 15.8. The number of carboxylic acid groups (broad SMARTS) is 1. The third-order valence-electron chi connectivity index (χ3n) is 6.69. The van der Waals surface area contributed by atoms with Gasteiger partial charge in [0.15, 0.2) is 11.5 Å². The van der Waals surface area contributed by atoms with Crippen LogP contribution in [0, 0.1) is 17.0 Å². The molecule has 2 aliphatic rings. The zero-order valence-corrected chi connectivity index (χ0v) is 22.5. The van der Waals surface area contributed by atoms with Crippen LogP contribution >= 0.6 is 0 Å². The van der Waals surface area contributed by atoms with Crippen LogP contribution in [0.2, 0.25) is 0 Å². The summed E-state index contributed by atoms with van der Waals surface area (Å²) >= 11 is 0. The van der Waals surface area contributed by atoms with Crippen LogP contribution in [0.5, 0.6) is 34.8 Å². The van der Waals surface area contributed by atoms with Crippen molar-refractivity contribution in [3.63, 3.8) is 0 Å². The Bertz CT molecular complexity index is 1570. The van der Waals surface area contributed by atoms with Gasteiger partial charge in [-0.2, -0.15) is 13.8 Å². The number of amidine groups is 2. The van der Waals surface area contributed by atoms with E-state index in [0.29, 0.717) is 19.5 Å². The van der Waals surface area contributed by atoms with Crippen LogP contribution < -0.4 is 19.9 Å².